The summed E-state index contributed by atoms with van der Waals surface area (Å²) in [4.78, 5) is 28.5. The van der Waals surface area contributed by atoms with E-state index in [0.717, 1.165) is 45.3 Å². The lowest BCUT2D eigenvalue weighted by molar-refractivity contribution is -0.159. The molecule has 170 valence electrons. The van der Waals surface area contributed by atoms with Crippen molar-refractivity contribution in [1.29, 1.82) is 5.26 Å². The van der Waals surface area contributed by atoms with Gasteiger partial charge in [0.2, 0.25) is 5.91 Å². The summed E-state index contributed by atoms with van der Waals surface area (Å²) in [7, 11) is 0. The number of rotatable bonds is 8. The van der Waals surface area contributed by atoms with Gasteiger partial charge < -0.3 is 19.3 Å². The highest BCUT2D eigenvalue weighted by Crippen LogP contribution is 2.19. The molecule has 0 bridgehead atoms. The minimum Gasteiger partial charge on any atom is -0.494 e. The molecule has 2 rings (SSSR count). The molecule has 1 aromatic carbocycles. The molecule has 1 aliphatic heterocycles. The number of ether oxygens (including phenoxy) is 2. The van der Waals surface area contributed by atoms with Gasteiger partial charge in [0.05, 0.1) is 18.2 Å². The third-order valence-corrected chi connectivity index (χ3v) is 5.21. The van der Waals surface area contributed by atoms with E-state index >= 15 is 0 Å². The molecular weight excluding hydrogens is 394 g/mol. The molecule has 1 atom stereocenters. The molecule has 0 saturated carbocycles. The van der Waals surface area contributed by atoms with Gasteiger partial charge in [0.15, 0.2) is 0 Å². The highest BCUT2D eigenvalue weighted by atomic mass is 16.6. The van der Waals surface area contributed by atoms with Gasteiger partial charge in [0.25, 0.3) is 0 Å². The molecule has 1 fully saturated rings. The van der Waals surface area contributed by atoms with Crippen LogP contribution in [0.5, 0.6) is 5.75 Å². The van der Waals surface area contributed by atoms with Crippen molar-refractivity contribution in [2.75, 3.05) is 32.8 Å². The number of amides is 1. The summed E-state index contributed by atoms with van der Waals surface area (Å²) in [6.07, 6.45) is 3.59. The van der Waals surface area contributed by atoms with Crippen LogP contribution in [0.25, 0.3) is 0 Å². The second-order valence-corrected chi connectivity index (χ2v) is 9.00. The smallest absolute Gasteiger partial charge is 0.326 e. The number of carbonyl (C=O) groups is 2. The lowest BCUT2D eigenvalue weighted by atomic mass is 10.1. The van der Waals surface area contributed by atoms with Crippen LogP contribution in [0.2, 0.25) is 0 Å². The first kappa shape index (κ1) is 24.7. The molecule has 0 spiro atoms. The van der Waals surface area contributed by atoms with Crippen LogP contribution in [0.1, 0.15) is 58.9 Å². The normalized spacial score (nSPS) is 17.3. The number of esters is 1. The van der Waals surface area contributed by atoms with Crippen LogP contribution >= 0.6 is 0 Å². The number of nitriles is 1. The number of benzene rings is 1. The fourth-order valence-corrected chi connectivity index (χ4v) is 3.82. The third kappa shape index (κ3) is 8.97. The fraction of sp³-hybridized carbons (Fsp3) is 0.625. The molecule has 1 heterocycles. The SMILES string of the molecule is CC(=O)N(CC(=O)OC(C)(C)C)C1CCCN(CCCOc2cccc(C#N)c2)CC1. The molecule has 1 unspecified atom stereocenters. The monoisotopic (exact) mass is 429 g/mol. The Balaban J connectivity index is 1.78. The number of hydrogen-bond acceptors (Lipinski definition) is 6. The Bertz CT molecular complexity index is 782. The Morgan fingerprint density at radius 2 is 2.03 bits per heavy atom. The van der Waals surface area contributed by atoms with Crippen molar-refractivity contribution in [3.63, 3.8) is 0 Å². The quantitative estimate of drug-likeness (QED) is 0.465. The standard InChI is InChI=1S/C24H35N3O4/c1-19(28)27(18-23(29)31-24(2,3)4)21-9-6-12-26(14-11-21)13-7-15-30-22-10-5-8-20(16-22)17-25/h5,8,10,16,21H,6-7,9,11-15,18H2,1-4H3. The van der Waals surface area contributed by atoms with Crippen molar-refractivity contribution in [3.05, 3.63) is 29.8 Å². The van der Waals surface area contributed by atoms with Gasteiger partial charge in [-0.1, -0.05) is 6.07 Å². The molecule has 0 aliphatic carbocycles. The summed E-state index contributed by atoms with van der Waals surface area (Å²) in [5.41, 5.74) is 0.0371. The van der Waals surface area contributed by atoms with Gasteiger partial charge in [-0.25, -0.2) is 0 Å². The van der Waals surface area contributed by atoms with Crippen LogP contribution in [0.3, 0.4) is 0 Å². The summed E-state index contributed by atoms with van der Waals surface area (Å²) in [5, 5.41) is 8.96. The Kier molecular flexibility index (Phi) is 9.32. The molecule has 1 aliphatic rings. The maximum atomic E-state index is 12.2. The highest BCUT2D eigenvalue weighted by molar-refractivity contribution is 5.81. The molecule has 7 heteroatoms. The van der Waals surface area contributed by atoms with Gasteiger partial charge in [-0.05, 0) is 71.2 Å². The Hall–Kier alpha value is -2.59. The minimum absolute atomic E-state index is 0.00682. The maximum absolute atomic E-state index is 12.2. The number of likely N-dealkylation sites (tertiary alicyclic amines) is 1. The van der Waals surface area contributed by atoms with E-state index in [4.69, 9.17) is 14.7 Å². The first-order valence-electron chi connectivity index (χ1n) is 11.0. The summed E-state index contributed by atoms with van der Waals surface area (Å²) >= 11 is 0. The molecule has 0 aromatic heterocycles. The Labute approximate surface area is 185 Å². The number of hydrogen-bond donors (Lipinski definition) is 0. The molecule has 0 radical (unpaired) electrons. The van der Waals surface area contributed by atoms with Crippen LogP contribution in [0.15, 0.2) is 24.3 Å². The first-order chi connectivity index (χ1) is 14.7. The largest absolute Gasteiger partial charge is 0.494 e. The molecule has 7 nitrogen and oxygen atoms in total. The van der Waals surface area contributed by atoms with Crippen molar-refractivity contribution in [3.8, 4) is 11.8 Å². The van der Waals surface area contributed by atoms with Crippen LogP contribution in [0, 0.1) is 11.3 Å². The van der Waals surface area contributed by atoms with E-state index < -0.39 is 5.60 Å². The summed E-state index contributed by atoms with van der Waals surface area (Å²) in [6.45, 7) is 10.4. The van der Waals surface area contributed by atoms with Gasteiger partial charge in [-0.15, -0.1) is 0 Å². The van der Waals surface area contributed by atoms with Crippen molar-refractivity contribution < 1.29 is 19.1 Å². The predicted octanol–water partition coefficient (Wildman–Crippen LogP) is 3.37. The Morgan fingerprint density at radius 1 is 1.26 bits per heavy atom. The molecule has 1 saturated heterocycles. The molecule has 1 aromatic rings. The molecule has 0 N–H and O–H groups in total. The predicted molar refractivity (Wildman–Crippen MR) is 119 cm³/mol. The van der Waals surface area contributed by atoms with Gasteiger partial charge >= 0.3 is 5.97 Å². The topological polar surface area (TPSA) is 82.9 Å². The van der Waals surface area contributed by atoms with Gasteiger partial charge in [0.1, 0.15) is 17.9 Å². The second-order valence-electron chi connectivity index (χ2n) is 9.00. The van der Waals surface area contributed by atoms with Gasteiger partial charge in [0, 0.05) is 26.1 Å². The average Bonchev–Trinajstić information content (AvgIpc) is 2.93. The van der Waals surface area contributed by atoms with Gasteiger partial charge in [-0.3, -0.25) is 9.59 Å². The van der Waals surface area contributed by atoms with Crippen LogP contribution in [-0.2, 0) is 14.3 Å². The average molecular weight is 430 g/mol. The Morgan fingerprint density at radius 3 is 2.71 bits per heavy atom. The zero-order valence-electron chi connectivity index (χ0n) is 19.2. The molecular formula is C24H35N3O4. The van der Waals surface area contributed by atoms with E-state index in [1.54, 1.807) is 17.0 Å². The zero-order chi connectivity index (χ0) is 22.9. The zero-order valence-corrected chi connectivity index (χ0v) is 19.2. The number of carbonyl (C=O) groups excluding carboxylic acids is 2. The maximum Gasteiger partial charge on any atom is 0.326 e. The fourth-order valence-electron chi connectivity index (χ4n) is 3.82. The minimum atomic E-state index is -0.558. The van der Waals surface area contributed by atoms with Crippen LogP contribution < -0.4 is 4.74 Å². The van der Waals surface area contributed by atoms with E-state index in [9.17, 15) is 9.59 Å². The van der Waals surface area contributed by atoms with Crippen molar-refractivity contribution in [1.82, 2.24) is 9.80 Å². The third-order valence-electron chi connectivity index (χ3n) is 5.21. The van der Waals surface area contributed by atoms with Crippen molar-refractivity contribution >= 4 is 11.9 Å². The van der Waals surface area contributed by atoms with Crippen molar-refractivity contribution in [2.45, 2.75) is 65.0 Å². The molecule has 1 amide bonds. The first-order valence-corrected chi connectivity index (χ1v) is 11.0. The van der Waals surface area contributed by atoms with Crippen LogP contribution in [-0.4, -0.2) is 66.1 Å². The summed E-state index contributed by atoms with van der Waals surface area (Å²) in [5.74, 6) is 0.271. The van der Waals surface area contributed by atoms with Crippen LogP contribution in [0.4, 0.5) is 0 Å². The van der Waals surface area contributed by atoms with Gasteiger partial charge in [-0.2, -0.15) is 5.26 Å². The summed E-state index contributed by atoms with van der Waals surface area (Å²) < 4.78 is 11.2. The highest BCUT2D eigenvalue weighted by Gasteiger charge is 2.28. The van der Waals surface area contributed by atoms with E-state index in [-0.39, 0.29) is 24.5 Å². The molecule has 31 heavy (non-hydrogen) atoms. The lowest BCUT2D eigenvalue weighted by Gasteiger charge is -2.31. The van der Waals surface area contributed by atoms with Crippen molar-refractivity contribution in [2.24, 2.45) is 0 Å². The lowest BCUT2D eigenvalue weighted by Crippen LogP contribution is -2.44. The van der Waals surface area contributed by atoms with E-state index in [1.165, 1.54) is 6.92 Å². The summed E-state index contributed by atoms with van der Waals surface area (Å²) in [6, 6.07) is 9.36. The van der Waals surface area contributed by atoms with E-state index in [1.807, 2.05) is 32.9 Å². The van der Waals surface area contributed by atoms with E-state index in [0.29, 0.717) is 17.9 Å². The second kappa shape index (κ2) is 11.7. The number of nitrogens with zero attached hydrogens (tertiary/aromatic N) is 3. The van der Waals surface area contributed by atoms with E-state index in [2.05, 4.69) is 11.0 Å².